The number of nitrogens with zero attached hydrogens (tertiary/aromatic N) is 6. The zero-order valence-corrected chi connectivity index (χ0v) is 31.8. The number of benzene rings is 4. The number of nitrogens with one attached hydrogen (secondary N) is 2. The number of hydrazine groups is 2. The van der Waals surface area contributed by atoms with E-state index in [0.717, 1.165) is 38.7 Å². The molecular weight excluding hydrogens is 709 g/mol. The molecule has 0 unspecified atom stereocenters. The molecular formula is C43H46N8O5. The number of hydrogen-bond donors (Lipinski definition) is 3. The number of aryl methyl sites for hydroxylation is 1. The molecule has 2 atom stereocenters. The highest BCUT2D eigenvalue weighted by Crippen LogP contribution is 2.35. The number of amides is 5. The van der Waals surface area contributed by atoms with Crippen LogP contribution in [0.25, 0.3) is 22.0 Å². The van der Waals surface area contributed by atoms with E-state index in [2.05, 4.69) is 17.3 Å². The summed E-state index contributed by atoms with van der Waals surface area (Å²) in [5.41, 5.74) is 8.74. The molecule has 13 nitrogen and oxygen atoms in total. The van der Waals surface area contributed by atoms with Crippen LogP contribution in [0.4, 0.5) is 4.79 Å². The number of piperazine rings is 1. The minimum atomic E-state index is -0.910. The summed E-state index contributed by atoms with van der Waals surface area (Å²) in [5.74, 6) is -0.600. The minimum absolute atomic E-state index is 0.0766. The first kappa shape index (κ1) is 37.9. The summed E-state index contributed by atoms with van der Waals surface area (Å²) in [6.07, 6.45) is 3.08. The van der Waals surface area contributed by atoms with Crippen molar-refractivity contribution in [2.75, 3.05) is 33.7 Å². The SMILES string of the molecule is C=CCN1CC(=O)N2[C@@H](Cc3ccc(O)cc3)C(=O)N(Cc3cccc4c(-c5ccc(C(=O)NN(C)C)cc5)cn(C)c34)C[C@@H]2N1C(=O)NCc1ccccc1. The van der Waals surface area contributed by atoms with Crippen LogP contribution in [0.15, 0.2) is 116 Å². The van der Waals surface area contributed by atoms with Crippen molar-refractivity contribution in [3.8, 4) is 16.9 Å². The molecule has 5 amide bonds. The van der Waals surface area contributed by atoms with E-state index in [1.54, 1.807) is 81.4 Å². The fourth-order valence-corrected chi connectivity index (χ4v) is 7.74. The summed E-state index contributed by atoms with van der Waals surface area (Å²) in [5, 5.41) is 18.8. The molecule has 0 bridgehead atoms. The lowest BCUT2D eigenvalue weighted by Gasteiger charge is -2.55. The minimum Gasteiger partial charge on any atom is -0.508 e. The Morgan fingerprint density at radius 3 is 2.36 bits per heavy atom. The van der Waals surface area contributed by atoms with Gasteiger partial charge in [0, 0.05) is 69.9 Å². The maximum atomic E-state index is 14.7. The number of aromatic hydroxyl groups is 1. The normalized spacial score (nSPS) is 17.3. The van der Waals surface area contributed by atoms with Crippen LogP contribution >= 0.6 is 0 Å². The van der Waals surface area contributed by atoms with E-state index in [-0.39, 0.29) is 62.6 Å². The first-order valence-corrected chi connectivity index (χ1v) is 18.5. The van der Waals surface area contributed by atoms with Crippen molar-refractivity contribution in [2.24, 2.45) is 7.05 Å². The molecule has 2 saturated heterocycles. The monoisotopic (exact) mass is 754 g/mol. The number of urea groups is 1. The number of carbonyl (C=O) groups excluding carboxylic acids is 4. The summed E-state index contributed by atoms with van der Waals surface area (Å²) in [6, 6.07) is 28.3. The highest BCUT2D eigenvalue weighted by Gasteiger charge is 2.51. The van der Waals surface area contributed by atoms with Gasteiger partial charge >= 0.3 is 6.03 Å². The zero-order chi connectivity index (χ0) is 39.5. The Balaban J connectivity index is 1.24. The van der Waals surface area contributed by atoms with Crippen LogP contribution in [0, 0.1) is 0 Å². The van der Waals surface area contributed by atoms with E-state index in [1.165, 1.54) is 0 Å². The molecule has 7 rings (SSSR count). The summed E-state index contributed by atoms with van der Waals surface area (Å²) < 4.78 is 2.04. The van der Waals surface area contributed by atoms with Gasteiger partial charge in [0.1, 0.15) is 18.0 Å². The highest BCUT2D eigenvalue weighted by atomic mass is 16.3. The van der Waals surface area contributed by atoms with Crippen molar-refractivity contribution in [1.82, 2.24) is 40.1 Å². The van der Waals surface area contributed by atoms with Crippen LogP contribution in [-0.2, 0) is 36.1 Å². The molecule has 5 aromatic rings. The molecule has 2 aliphatic heterocycles. The van der Waals surface area contributed by atoms with Crippen LogP contribution < -0.4 is 10.7 Å². The largest absolute Gasteiger partial charge is 0.508 e. The van der Waals surface area contributed by atoms with Crippen molar-refractivity contribution in [2.45, 2.75) is 31.7 Å². The van der Waals surface area contributed by atoms with Crippen molar-refractivity contribution in [3.05, 3.63) is 138 Å². The van der Waals surface area contributed by atoms with Gasteiger partial charge in [-0.05, 0) is 46.5 Å². The van der Waals surface area contributed by atoms with E-state index in [0.29, 0.717) is 5.56 Å². The number of aromatic nitrogens is 1. The van der Waals surface area contributed by atoms with Crippen molar-refractivity contribution in [3.63, 3.8) is 0 Å². The van der Waals surface area contributed by atoms with E-state index in [9.17, 15) is 24.3 Å². The molecule has 2 fully saturated rings. The van der Waals surface area contributed by atoms with Gasteiger partial charge in [0.05, 0.1) is 18.6 Å². The smallest absolute Gasteiger partial charge is 0.334 e. The average Bonchev–Trinajstić information content (AvgIpc) is 3.53. The van der Waals surface area contributed by atoms with Crippen molar-refractivity contribution >= 4 is 34.7 Å². The third-order valence-corrected chi connectivity index (χ3v) is 10.3. The van der Waals surface area contributed by atoms with Gasteiger partial charge in [-0.2, -0.15) is 0 Å². The predicted octanol–water partition coefficient (Wildman–Crippen LogP) is 4.49. The Labute approximate surface area is 325 Å². The van der Waals surface area contributed by atoms with Gasteiger partial charge < -0.3 is 24.8 Å². The zero-order valence-electron chi connectivity index (χ0n) is 31.8. The van der Waals surface area contributed by atoms with Gasteiger partial charge in [-0.25, -0.2) is 19.8 Å². The molecule has 1 aromatic heterocycles. The molecule has 0 radical (unpaired) electrons. The second-order valence-electron chi connectivity index (χ2n) is 14.4. The molecule has 0 spiro atoms. The molecule has 56 heavy (non-hydrogen) atoms. The third kappa shape index (κ3) is 7.72. The highest BCUT2D eigenvalue weighted by molar-refractivity contribution is 5.99. The van der Waals surface area contributed by atoms with Crippen molar-refractivity contribution < 1.29 is 24.3 Å². The fraction of sp³-hybridized carbons (Fsp3) is 0.256. The van der Waals surface area contributed by atoms with Crippen LogP contribution in [-0.4, -0.2) is 104 Å². The fourth-order valence-electron chi connectivity index (χ4n) is 7.74. The summed E-state index contributed by atoms with van der Waals surface area (Å²) in [4.78, 5) is 58.8. The third-order valence-electron chi connectivity index (χ3n) is 10.3. The lowest BCUT2D eigenvalue weighted by atomic mass is 9.97. The average molecular weight is 755 g/mol. The van der Waals surface area contributed by atoms with E-state index < -0.39 is 18.2 Å². The Morgan fingerprint density at radius 2 is 1.66 bits per heavy atom. The topological polar surface area (TPSA) is 134 Å². The maximum Gasteiger partial charge on any atom is 0.334 e. The van der Waals surface area contributed by atoms with Crippen LogP contribution in [0.2, 0.25) is 0 Å². The van der Waals surface area contributed by atoms with Crippen LogP contribution in [0.1, 0.15) is 27.0 Å². The first-order chi connectivity index (χ1) is 27.0. The quantitative estimate of drug-likeness (QED) is 0.134. The summed E-state index contributed by atoms with van der Waals surface area (Å²) in [6.45, 7) is 4.61. The molecule has 13 heteroatoms. The van der Waals surface area contributed by atoms with Crippen LogP contribution in [0.5, 0.6) is 5.75 Å². The van der Waals surface area contributed by atoms with Gasteiger partial charge in [0.25, 0.3) is 5.91 Å². The lowest BCUT2D eigenvalue weighted by Crippen LogP contribution is -2.76. The van der Waals surface area contributed by atoms with E-state index >= 15 is 0 Å². The van der Waals surface area contributed by atoms with Crippen LogP contribution in [0.3, 0.4) is 0 Å². The number of rotatable bonds is 11. The molecule has 2 aliphatic rings. The maximum absolute atomic E-state index is 14.7. The second-order valence-corrected chi connectivity index (χ2v) is 14.4. The lowest BCUT2D eigenvalue weighted by molar-refractivity contribution is -0.189. The number of phenolic OH excluding ortho intramolecular Hbond substituents is 1. The number of carbonyl (C=O) groups is 4. The van der Waals surface area contributed by atoms with Gasteiger partial charge in [-0.3, -0.25) is 19.8 Å². The molecule has 0 aliphatic carbocycles. The van der Waals surface area contributed by atoms with E-state index in [1.807, 2.05) is 78.5 Å². The van der Waals surface area contributed by atoms with Crippen molar-refractivity contribution in [1.29, 1.82) is 0 Å². The molecule has 0 saturated carbocycles. The summed E-state index contributed by atoms with van der Waals surface area (Å²) >= 11 is 0. The van der Waals surface area contributed by atoms with Gasteiger partial charge in [0.15, 0.2) is 0 Å². The Kier molecular flexibility index (Phi) is 10.9. The molecule has 3 N–H and O–H groups in total. The van der Waals surface area contributed by atoms with Gasteiger partial charge in [-0.1, -0.05) is 78.9 Å². The first-order valence-electron chi connectivity index (χ1n) is 18.5. The second kappa shape index (κ2) is 16.1. The number of fused-ring (bicyclic) bond motifs is 2. The van der Waals surface area contributed by atoms with Gasteiger partial charge in [0.2, 0.25) is 11.8 Å². The predicted molar refractivity (Wildman–Crippen MR) is 213 cm³/mol. The number of para-hydroxylation sites is 1. The van der Waals surface area contributed by atoms with E-state index in [4.69, 9.17) is 0 Å². The summed E-state index contributed by atoms with van der Waals surface area (Å²) in [7, 11) is 5.48. The number of phenols is 1. The Hall–Kier alpha value is -6.44. The molecule has 4 aromatic carbocycles. The number of hydrogen-bond acceptors (Lipinski definition) is 7. The molecule has 3 heterocycles. The molecule has 288 valence electrons. The Bertz CT molecular complexity index is 2250. The Morgan fingerprint density at radius 1 is 0.929 bits per heavy atom. The standard InChI is InChI=1S/C43H46N8O5/c1-5-22-49-28-39(53)50-37(23-29-14-20-34(52)21-15-29)42(55)48(27-38(50)51(49)43(56)44-24-30-10-7-6-8-11-30)25-33-12-9-13-35-36(26-47(4)40(33)35)31-16-18-32(19-17-31)41(54)45-46(2)3/h5-21,26,37-38,52H,1,22-25,27-28H2,2-4H3,(H,44,56)(H,45,54)/t37-,38-/m0/s1. The van der Waals surface area contributed by atoms with Gasteiger partial charge in [-0.15, -0.1) is 6.58 Å².